The fourth-order valence-corrected chi connectivity index (χ4v) is 5.12. The Kier molecular flexibility index (Phi) is 6.63. The zero-order valence-electron chi connectivity index (χ0n) is 17.2. The maximum Gasteiger partial charge on any atom is 0.228 e. The standard InChI is InChI=1S/C21H39N3O2/c1-15(2)17-5-7-19(8-6-17)22-9-10-24(20(13-22)14-25)21(26)18-11-23(12-18)16(3)4/h15-20,25H,5-14H2,1-4H3/t17?,19?,20-/m0/s1. The molecule has 3 rings (SSSR count). The van der Waals surface area contributed by atoms with Crippen molar-refractivity contribution in [3.8, 4) is 0 Å². The minimum atomic E-state index is -0.0211. The molecular weight excluding hydrogens is 326 g/mol. The van der Waals surface area contributed by atoms with E-state index >= 15 is 0 Å². The highest BCUT2D eigenvalue weighted by molar-refractivity contribution is 5.80. The van der Waals surface area contributed by atoms with Gasteiger partial charge in [-0.1, -0.05) is 13.8 Å². The van der Waals surface area contributed by atoms with Crippen LogP contribution in [0.25, 0.3) is 0 Å². The number of likely N-dealkylation sites (tertiary alicyclic amines) is 1. The van der Waals surface area contributed by atoms with Gasteiger partial charge >= 0.3 is 0 Å². The predicted molar refractivity (Wildman–Crippen MR) is 105 cm³/mol. The monoisotopic (exact) mass is 365 g/mol. The van der Waals surface area contributed by atoms with Gasteiger partial charge in [0.2, 0.25) is 5.91 Å². The molecule has 1 aliphatic carbocycles. The van der Waals surface area contributed by atoms with Crippen LogP contribution in [0.1, 0.15) is 53.4 Å². The van der Waals surface area contributed by atoms with Crippen molar-refractivity contribution in [2.24, 2.45) is 17.8 Å². The van der Waals surface area contributed by atoms with Gasteiger partial charge in [-0.15, -0.1) is 0 Å². The van der Waals surface area contributed by atoms with Crippen molar-refractivity contribution in [2.45, 2.75) is 71.5 Å². The van der Waals surface area contributed by atoms with Crippen LogP contribution >= 0.6 is 0 Å². The molecule has 150 valence electrons. The highest BCUT2D eigenvalue weighted by Crippen LogP contribution is 2.33. The molecule has 5 nitrogen and oxygen atoms in total. The summed E-state index contributed by atoms with van der Waals surface area (Å²) in [5.41, 5.74) is 0. The Morgan fingerprint density at radius 3 is 2.19 bits per heavy atom. The number of rotatable bonds is 5. The second kappa shape index (κ2) is 8.57. The molecule has 0 bridgehead atoms. The third-order valence-corrected chi connectivity index (χ3v) is 7.20. The van der Waals surface area contributed by atoms with Gasteiger partial charge in [-0.25, -0.2) is 0 Å². The van der Waals surface area contributed by atoms with Gasteiger partial charge < -0.3 is 10.0 Å². The molecule has 2 heterocycles. The summed E-state index contributed by atoms with van der Waals surface area (Å²) in [5.74, 6) is 2.08. The maximum atomic E-state index is 12.9. The van der Waals surface area contributed by atoms with Crippen molar-refractivity contribution in [1.29, 1.82) is 0 Å². The average Bonchev–Trinajstić information content (AvgIpc) is 2.59. The number of nitrogens with zero attached hydrogens (tertiary/aromatic N) is 3. The van der Waals surface area contributed by atoms with Crippen LogP contribution in [-0.2, 0) is 4.79 Å². The smallest absolute Gasteiger partial charge is 0.228 e. The normalized spacial score (nSPS) is 32.3. The van der Waals surface area contributed by atoms with Crippen LogP contribution in [0.4, 0.5) is 0 Å². The number of piperazine rings is 1. The molecule has 2 aliphatic heterocycles. The quantitative estimate of drug-likeness (QED) is 0.810. The van der Waals surface area contributed by atoms with Gasteiger partial charge in [0.15, 0.2) is 0 Å². The van der Waals surface area contributed by atoms with Crippen molar-refractivity contribution >= 4 is 5.91 Å². The number of hydrogen-bond donors (Lipinski definition) is 1. The summed E-state index contributed by atoms with van der Waals surface area (Å²) < 4.78 is 0. The first kappa shape index (κ1) is 20.1. The molecule has 0 aromatic rings. The number of aliphatic hydroxyl groups excluding tert-OH is 1. The number of hydrogen-bond acceptors (Lipinski definition) is 4. The minimum Gasteiger partial charge on any atom is -0.394 e. The van der Waals surface area contributed by atoms with Crippen LogP contribution in [0, 0.1) is 17.8 Å². The van der Waals surface area contributed by atoms with Gasteiger partial charge in [0.05, 0.1) is 18.6 Å². The van der Waals surface area contributed by atoms with Crippen LogP contribution in [-0.4, -0.2) is 83.2 Å². The predicted octanol–water partition coefficient (Wildman–Crippen LogP) is 2.05. The zero-order chi connectivity index (χ0) is 18.8. The van der Waals surface area contributed by atoms with Crippen molar-refractivity contribution < 1.29 is 9.90 Å². The van der Waals surface area contributed by atoms with E-state index in [1.807, 2.05) is 4.90 Å². The summed E-state index contributed by atoms with van der Waals surface area (Å²) in [6.45, 7) is 13.5. The van der Waals surface area contributed by atoms with E-state index in [1.165, 1.54) is 25.7 Å². The molecule has 1 amide bonds. The molecule has 1 atom stereocenters. The minimum absolute atomic E-state index is 0.0211. The third kappa shape index (κ3) is 4.26. The largest absolute Gasteiger partial charge is 0.394 e. The Labute approximate surface area is 159 Å². The molecule has 3 fully saturated rings. The molecule has 2 saturated heterocycles. The van der Waals surface area contributed by atoms with Crippen molar-refractivity contribution in [2.75, 3.05) is 39.3 Å². The second-order valence-corrected chi connectivity index (χ2v) is 9.42. The summed E-state index contributed by atoms with van der Waals surface area (Å²) >= 11 is 0. The molecular formula is C21H39N3O2. The highest BCUT2D eigenvalue weighted by atomic mass is 16.3. The van der Waals surface area contributed by atoms with Crippen LogP contribution in [0.5, 0.6) is 0 Å². The van der Waals surface area contributed by atoms with Gasteiger partial charge in [0, 0.05) is 44.8 Å². The average molecular weight is 366 g/mol. The van der Waals surface area contributed by atoms with Crippen molar-refractivity contribution in [3.63, 3.8) is 0 Å². The van der Waals surface area contributed by atoms with Gasteiger partial charge in [0.1, 0.15) is 0 Å². The maximum absolute atomic E-state index is 12.9. The Morgan fingerprint density at radius 1 is 1.00 bits per heavy atom. The molecule has 0 spiro atoms. The number of carbonyl (C=O) groups is 1. The first-order valence-corrected chi connectivity index (χ1v) is 10.8. The SMILES string of the molecule is CC(C)C1CCC(N2CCN(C(=O)C3CN(C(C)C)C3)[C@H](CO)C2)CC1. The Hall–Kier alpha value is -0.650. The first-order chi connectivity index (χ1) is 12.4. The van der Waals surface area contributed by atoms with Crippen LogP contribution in [0.2, 0.25) is 0 Å². The molecule has 0 aromatic carbocycles. The summed E-state index contributed by atoms with van der Waals surface area (Å²) in [5, 5.41) is 9.92. The number of aliphatic hydroxyl groups is 1. The van der Waals surface area contributed by atoms with E-state index in [1.54, 1.807) is 0 Å². The lowest BCUT2D eigenvalue weighted by atomic mass is 9.79. The summed E-state index contributed by atoms with van der Waals surface area (Å²) in [7, 11) is 0. The van der Waals surface area contributed by atoms with E-state index < -0.39 is 0 Å². The second-order valence-electron chi connectivity index (χ2n) is 9.42. The molecule has 1 saturated carbocycles. The summed E-state index contributed by atoms with van der Waals surface area (Å²) in [6.07, 6.45) is 5.22. The highest BCUT2D eigenvalue weighted by Gasteiger charge is 2.41. The Balaban J connectivity index is 1.50. The molecule has 1 N–H and O–H groups in total. The van der Waals surface area contributed by atoms with Gasteiger partial charge in [-0.05, 0) is 51.4 Å². The van der Waals surface area contributed by atoms with Gasteiger partial charge in [0.25, 0.3) is 0 Å². The lowest BCUT2D eigenvalue weighted by molar-refractivity contribution is -0.149. The third-order valence-electron chi connectivity index (χ3n) is 7.20. The van der Waals surface area contributed by atoms with Crippen LogP contribution in [0.3, 0.4) is 0 Å². The van der Waals surface area contributed by atoms with E-state index in [4.69, 9.17) is 0 Å². The van der Waals surface area contributed by atoms with Crippen LogP contribution in [0.15, 0.2) is 0 Å². The molecule has 3 aliphatic rings. The molecule has 26 heavy (non-hydrogen) atoms. The number of amides is 1. The van der Waals surface area contributed by atoms with Crippen molar-refractivity contribution in [1.82, 2.24) is 14.7 Å². The lowest BCUT2D eigenvalue weighted by Gasteiger charge is -2.49. The Bertz CT molecular complexity index is 468. The van der Waals surface area contributed by atoms with Crippen LogP contribution < -0.4 is 0 Å². The lowest BCUT2D eigenvalue weighted by Crippen LogP contribution is -2.63. The summed E-state index contributed by atoms with van der Waals surface area (Å²) in [6, 6.07) is 1.15. The fourth-order valence-electron chi connectivity index (χ4n) is 5.12. The molecule has 0 radical (unpaired) electrons. The van der Waals surface area contributed by atoms with E-state index in [0.29, 0.717) is 12.1 Å². The van der Waals surface area contributed by atoms with E-state index in [9.17, 15) is 9.90 Å². The zero-order valence-corrected chi connectivity index (χ0v) is 17.2. The van der Waals surface area contributed by atoms with Gasteiger partial charge in [-0.3, -0.25) is 14.6 Å². The van der Waals surface area contributed by atoms with E-state index in [2.05, 4.69) is 37.5 Å². The molecule has 5 heteroatoms. The Morgan fingerprint density at radius 2 is 1.65 bits per heavy atom. The topological polar surface area (TPSA) is 47.0 Å². The number of carbonyl (C=O) groups excluding carboxylic acids is 1. The summed E-state index contributed by atoms with van der Waals surface area (Å²) in [4.78, 5) is 19.8. The molecule has 0 aromatic heterocycles. The fraction of sp³-hybridized carbons (Fsp3) is 0.952. The molecule has 0 unspecified atom stereocenters. The van der Waals surface area contributed by atoms with Crippen molar-refractivity contribution in [3.05, 3.63) is 0 Å². The van der Waals surface area contributed by atoms with Gasteiger partial charge in [-0.2, -0.15) is 0 Å². The first-order valence-electron chi connectivity index (χ1n) is 10.8. The van der Waals surface area contributed by atoms with E-state index in [0.717, 1.165) is 44.6 Å². The van der Waals surface area contributed by atoms with E-state index in [-0.39, 0.29) is 24.5 Å².